The standard InChI is InChI=1S/C19H20N2/c1-4-21-15(3)14(2)17-12-13-20-18(19(17)21)11-10-16-8-6-5-7-9-16/h5-13H,4H2,1-3H3/b11-10+. The van der Waals surface area contributed by atoms with E-state index in [1.807, 2.05) is 12.3 Å². The van der Waals surface area contributed by atoms with Gasteiger partial charge in [-0.1, -0.05) is 36.4 Å². The molecule has 106 valence electrons. The SMILES string of the molecule is CCn1c(C)c(C)c2ccnc(/C=C/c3ccccc3)c21. The normalized spacial score (nSPS) is 11.6. The molecule has 0 saturated heterocycles. The van der Waals surface area contributed by atoms with E-state index in [0.29, 0.717) is 0 Å². The van der Waals surface area contributed by atoms with E-state index in [2.05, 4.69) is 72.8 Å². The molecule has 21 heavy (non-hydrogen) atoms. The first-order chi connectivity index (χ1) is 10.2. The van der Waals surface area contributed by atoms with Gasteiger partial charge in [0.15, 0.2) is 0 Å². The zero-order valence-corrected chi connectivity index (χ0v) is 12.8. The number of hydrogen-bond donors (Lipinski definition) is 0. The molecule has 0 aliphatic carbocycles. The Balaban J connectivity index is 2.15. The van der Waals surface area contributed by atoms with Gasteiger partial charge < -0.3 is 4.57 Å². The summed E-state index contributed by atoms with van der Waals surface area (Å²) in [5.41, 5.74) is 6.15. The summed E-state index contributed by atoms with van der Waals surface area (Å²) in [6, 6.07) is 12.5. The Bertz CT molecular complexity index is 795. The van der Waals surface area contributed by atoms with Crippen LogP contribution in [0.5, 0.6) is 0 Å². The summed E-state index contributed by atoms with van der Waals surface area (Å²) < 4.78 is 2.35. The second kappa shape index (κ2) is 5.57. The molecule has 2 nitrogen and oxygen atoms in total. The lowest BCUT2D eigenvalue weighted by Crippen LogP contribution is -1.98. The molecule has 0 atom stereocenters. The fourth-order valence-corrected chi connectivity index (χ4v) is 2.88. The molecule has 2 heterocycles. The van der Waals surface area contributed by atoms with Gasteiger partial charge in [0, 0.05) is 23.8 Å². The molecule has 0 aliphatic rings. The van der Waals surface area contributed by atoms with Gasteiger partial charge in [-0.05, 0) is 44.0 Å². The quantitative estimate of drug-likeness (QED) is 0.669. The van der Waals surface area contributed by atoms with Crippen LogP contribution in [0.3, 0.4) is 0 Å². The lowest BCUT2D eigenvalue weighted by atomic mass is 10.1. The molecule has 2 aromatic heterocycles. The van der Waals surface area contributed by atoms with Gasteiger partial charge in [-0.25, -0.2) is 0 Å². The zero-order chi connectivity index (χ0) is 14.8. The van der Waals surface area contributed by atoms with Crippen LogP contribution in [0.1, 0.15) is 29.4 Å². The van der Waals surface area contributed by atoms with E-state index in [1.54, 1.807) is 0 Å². The maximum Gasteiger partial charge on any atom is 0.0872 e. The van der Waals surface area contributed by atoms with Crippen LogP contribution in [-0.2, 0) is 6.54 Å². The monoisotopic (exact) mass is 276 g/mol. The topological polar surface area (TPSA) is 17.8 Å². The van der Waals surface area contributed by atoms with Crippen molar-refractivity contribution in [3.8, 4) is 0 Å². The summed E-state index contributed by atoms with van der Waals surface area (Å²) in [7, 11) is 0. The van der Waals surface area contributed by atoms with E-state index in [0.717, 1.165) is 12.2 Å². The van der Waals surface area contributed by atoms with Crippen LogP contribution in [-0.4, -0.2) is 9.55 Å². The van der Waals surface area contributed by atoms with Crippen LogP contribution in [0.2, 0.25) is 0 Å². The number of nitrogens with zero attached hydrogens (tertiary/aromatic N) is 2. The van der Waals surface area contributed by atoms with E-state index in [1.165, 1.54) is 27.7 Å². The number of fused-ring (bicyclic) bond motifs is 1. The van der Waals surface area contributed by atoms with Gasteiger partial charge in [-0.15, -0.1) is 0 Å². The van der Waals surface area contributed by atoms with Crippen molar-refractivity contribution in [2.75, 3.05) is 0 Å². The fourth-order valence-electron chi connectivity index (χ4n) is 2.88. The van der Waals surface area contributed by atoms with E-state index < -0.39 is 0 Å². The highest BCUT2D eigenvalue weighted by atomic mass is 15.0. The molecule has 0 fully saturated rings. The minimum absolute atomic E-state index is 0.966. The molecule has 0 saturated carbocycles. The molecule has 3 aromatic rings. The lowest BCUT2D eigenvalue weighted by Gasteiger charge is -2.06. The highest BCUT2D eigenvalue weighted by Gasteiger charge is 2.12. The maximum atomic E-state index is 4.58. The molecule has 1 aromatic carbocycles. The Morgan fingerprint density at radius 2 is 1.81 bits per heavy atom. The Kier molecular flexibility index (Phi) is 3.61. The number of pyridine rings is 1. The third kappa shape index (κ3) is 2.38. The maximum absolute atomic E-state index is 4.58. The highest BCUT2D eigenvalue weighted by Crippen LogP contribution is 2.27. The van der Waals surface area contributed by atoms with Gasteiger partial charge in [-0.2, -0.15) is 0 Å². The number of benzene rings is 1. The van der Waals surface area contributed by atoms with E-state index >= 15 is 0 Å². The van der Waals surface area contributed by atoms with Crippen molar-refractivity contribution in [2.24, 2.45) is 0 Å². The van der Waals surface area contributed by atoms with Gasteiger partial charge in [0.1, 0.15) is 0 Å². The van der Waals surface area contributed by atoms with Crippen LogP contribution in [0.25, 0.3) is 23.1 Å². The van der Waals surface area contributed by atoms with Crippen molar-refractivity contribution >= 4 is 23.1 Å². The first-order valence-electron chi connectivity index (χ1n) is 7.40. The molecule has 0 aliphatic heterocycles. The Labute approximate surface area is 125 Å². The van der Waals surface area contributed by atoms with Crippen LogP contribution < -0.4 is 0 Å². The Morgan fingerprint density at radius 1 is 1.05 bits per heavy atom. The van der Waals surface area contributed by atoms with Crippen LogP contribution in [0.4, 0.5) is 0 Å². The predicted molar refractivity (Wildman–Crippen MR) is 90.3 cm³/mol. The molecule has 0 spiro atoms. The number of hydrogen-bond acceptors (Lipinski definition) is 1. The number of aryl methyl sites for hydroxylation is 2. The first kappa shape index (κ1) is 13.6. The van der Waals surface area contributed by atoms with E-state index in [4.69, 9.17) is 0 Å². The largest absolute Gasteiger partial charge is 0.343 e. The molecular weight excluding hydrogens is 256 g/mol. The summed E-state index contributed by atoms with van der Waals surface area (Å²) in [4.78, 5) is 4.58. The van der Waals surface area contributed by atoms with Crippen molar-refractivity contribution in [1.82, 2.24) is 9.55 Å². The van der Waals surface area contributed by atoms with Crippen molar-refractivity contribution in [2.45, 2.75) is 27.3 Å². The Morgan fingerprint density at radius 3 is 2.52 bits per heavy atom. The number of aromatic nitrogens is 2. The smallest absolute Gasteiger partial charge is 0.0872 e. The van der Waals surface area contributed by atoms with Gasteiger partial charge in [-0.3, -0.25) is 4.98 Å². The van der Waals surface area contributed by atoms with Crippen LogP contribution in [0.15, 0.2) is 42.6 Å². The van der Waals surface area contributed by atoms with Gasteiger partial charge in [0.05, 0.1) is 11.2 Å². The lowest BCUT2D eigenvalue weighted by molar-refractivity contribution is 0.764. The first-order valence-corrected chi connectivity index (χ1v) is 7.40. The zero-order valence-electron chi connectivity index (χ0n) is 12.8. The summed E-state index contributed by atoms with van der Waals surface area (Å²) in [5.74, 6) is 0. The second-order valence-corrected chi connectivity index (χ2v) is 5.29. The highest BCUT2D eigenvalue weighted by molar-refractivity contribution is 5.92. The summed E-state index contributed by atoms with van der Waals surface area (Å²) in [5, 5.41) is 1.30. The van der Waals surface area contributed by atoms with Crippen molar-refractivity contribution in [3.05, 3.63) is 65.1 Å². The molecule has 0 bridgehead atoms. The van der Waals surface area contributed by atoms with Gasteiger partial charge >= 0.3 is 0 Å². The molecule has 2 heteroatoms. The molecule has 3 rings (SSSR count). The van der Waals surface area contributed by atoms with Crippen molar-refractivity contribution in [3.63, 3.8) is 0 Å². The Hall–Kier alpha value is -2.35. The van der Waals surface area contributed by atoms with E-state index in [-0.39, 0.29) is 0 Å². The van der Waals surface area contributed by atoms with Crippen LogP contribution in [0, 0.1) is 13.8 Å². The molecule has 0 N–H and O–H groups in total. The second-order valence-electron chi connectivity index (χ2n) is 5.29. The summed E-state index contributed by atoms with van der Waals surface area (Å²) in [6.45, 7) is 7.52. The van der Waals surface area contributed by atoms with E-state index in [9.17, 15) is 0 Å². The molecule has 0 amide bonds. The predicted octanol–water partition coefficient (Wildman–Crippen LogP) is 4.84. The third-order valence-electron chi connectivity index (χ3n) is 4.12. The molecule has 0 unspecified atom stereocenters. The summed E-state index contributed by atoms with van der Waals surface area (Å²) in [6.07, 6.45) is 6.14. The molecule has 0 radical (unpaired) electrons. The average molecular weight is 276 g/mol. The van der Waals surface area contributed by atoms with Crippen molar-refractivity contribution in [1.29, 1.82) is 0 Å². The molecular formula is C19H20N2. The summed E-state index contributed by atoms with van der Waals surface area (Å²) >= 11 is 0. The van der Waals surface area contributed by atoms with Crippen molar-refractivity contribution < 1.29 is 0 Å². The minimum Gasteiger partial charge on any atom is -0.343 e. The van der Waals surface area contributed by atoms with Crippen LogP contribution >= 0.6 is 0 Å². The number of rotatable bonds is 3. The van der Waals surface area contributed by atoms with Gasteiger partial charge in [0.25, 0.3) is 0 Å². The fraction of sp³-hybridized carbons (Fsp3) is 0.211. The third-order valence-corrected chi connectivity index (χ3v) is 4.12. The minimum atomic E-state index is 0.966. The average Bonchev–Trinajstić information content (AvgIpc) is 2.78. The van der Waals surface area contributed by atoms with Gasteiger partial charge in [0.2, 0.25) is 0 Å².